The zero-order valence-corrected chi connectivity index (χ0v) is 13.0. The maximum atomic E-state index is 3.63. The fraction of sp³-hybridized carbons (Fsp3) is 0.667. The Morgan fingerprint density at radius 3 is 2.32 bits per heavy atom. The van der Waals surface area contributed by atoms with Crippen LogP contribution in [0.2, 0.25) is 0 Å². The second kappa shape index (κ2) is 6.09. The third-order valence-corrected chi connectivity index (χ3v) is 4.56. The van der Waals surface area contributed by atoms with Gasteiger partial charge >= 0.3 is 0 Å². The molecule has 1 aromatic rings. The van der Waals surface area contributed by atoms with Crippen molar-refractivity contribution in [3.63, 3.8) is 0 Å². The minimum absolute atomic E-state index is 0.407. The maximum absolute atomic E-state index is 3.63. The van der Waals surface area contributed by atoms with Gasteiger partial charge in [-0.25, -0.2) is 0 Å². The molecule has 0 heterocycles. The van der Waals surface area contributed by atoms with Crippen molar-refractivity contribution in [1.82, 2.24) is 5.32 Å². The van der Waals surface area contributed by atoms with E-state index >= 15 is 0 Å². The first kappa shape index (κ1) is 14.6. The molecule has 1 saturated carbocycles. The lowest BCUT2D eigenvalue weighted by Gasteiger charge is -2.47. The van der Waals surface area contributed by atoms with Crippen molar-refractivity contribution >= 4 is 0 Å². The monoisotopic (exact) mass is 259 g/mol. The summed E-state index contributed by atoms with van der Waals surface area (Å²) in [4.78, 5) is 0. The molecule has 106 valence electrons. The molecule has 0 bridgehead atoms. The normalized spacial score (nSPS) is 26.5. The smallest absolute Gasteiger partial charge is 0.00828 e. The average molecular weight is 259 g/mol. The first-order valence-corrected chi connectivity index (χ1v) is 7.88. The number of nitrogens with one attached hydrogen (secondary N) is 1. The van der Waals surface area contributed by atoms with Crippen molar-refractivity contribution in [3.05, 3.63) is 35.4 Å². The van der Waals surface area contributed by atoms with E-state index < -0.39 is 0 Å². The highest BCUT2D eigenvalue weighted by Crippen LogP contribution is 2.47. The number of hydrogen-bond donors (Lipinski definition) is 1. The molecule has 19 heavy (non-hydrogen) atoms. The summed E-state index contributed by atoms with van der Waals surface area (Å²) in [5, 5.41) is 3.63. The molecule has 1 aliphatic carbocycles. The Balaban J connectivity index is 2.10. The Morgan fingerprint density at radius 1 is 1.21 bits per heavy atom. The van der Waals surface area contributed by atoms with Crippen LogP contribution in [0.5, 0.6) is 0 Å². The predicted molar refractivity (Wildman–Crippen MR) is 83.8 cm³/mol. The maximum Gasteiger partial charge on any atom is 0.00828 e. The number of rotatable bonds is 6. The van der Waals surface area contributed by atoms with Crippen LogP contribution in [-0.2, 0) is 5.41 Å². The van der Waals surface area contributed by atoms with Gasteiger partial charge in [-0.15, -0.1) is 0 Å². The molecule has 1 aromatic carbocycles. The van der Waals surface area contributed by atoms with Gasteiger partial charge < -0.3 is 5.32 Å². The molecule has 1 N–H and O–H groups in total. The Labute approximate surface area is 118 Å². The van der Waals surface area contributed by atoms with Crippen LogP contribution >= 0.6 is 0 Å². The lowest BCUT2D eigenvalue weighted by Crippen LogP contribution is -2.48. The molecular weight excluding hydrogens is 230 g/mol. The molecule has 0 aromatic heterocycles. The summed E-state index contributed by atoms with van der Waals surface area (Å²) >= 11 is 0. The van der Waals surface area contributed by atoms with E-state index in [4.69, 9.17) is 0 Å². The third-order valence-electron chi connectivity index (χ3n) is 4.56. The van der Waals surface area contributed by atoms with Gasteiger partial charge in [0, 0.05) is 12.0 Å². The highest BCUT2D eigenvalue weighted by Gasteiger charge is 2.42. The lowest BCUT2D eigenvalue weighted by atomic mass is 9.59. The fourth-order valence-electron chi connectivity index (χ4n) is 3.48. The van der Waals surface area contributed by atoms with E-state index in [0.717, 1.165) is 19.0 Å². The number of hydrogen-bond acceptors (Lipinski definition) is 1. The molecule has 0 saturated heterocycles. The Morgan fingerprint density at radius 2 is 1.84 bits per heavy atom. The van der Waals surface area contributed by atoms with Crippen molar-refractivity contribution in [2.45, 2.75) is 58.3 Å². The topological polar surface area (TPSA) is 12.0 Å². The van der Waals surface area contributed by atoms with Crippen LogP contribution in [0.25, 0.3) is 0 Å². The van der Waals surface area contributed by atoms with Crippen LogP contribution in [0.3, 0.4) is 0 Å². The second-order valence-corrected chi connectivity index (χ2v) is 6.75. The highest BCUT2D eigenvalue weighted by atomic mass is 14.9. The molecule has 0 atom stereocenters. The average Bonchev–Trinajstić information content (AvgIpc) is 2.36. The molecular formula is C18H29N. The van der Waals surface area contributed by atoms with E-state index in [2.05, 4.69) is 57.3 Å². The first-order chi connectivity index (χ1) is 9.07. The van der Waals surface area contributed by atoms with Gasteiger partial charge in [-0.1, -0.05) is 52.0 Å². The third kappa shape index (κ3) is 3.20. The van der Waals surface area contributed by atoms with Gasteiger partial charge in [0.05, 0.1) is 0 Å². The molecule has 1 nitrogen and oxygen atoms in total. The molecule has 0 unspecified atom stereocenters. The summed E-state index contributed by atoms with van der Waals surface area (Å²) < 4.78 is 0. The van der Waals surface area contributed by atoms with E-state index in [0.29, 0.717) is 11.3 Å². The summed E-state index contributed by atoms with van der Waals surface area (Å²) in [7, 11) is 0. The second-order valence-electron chi connectivity index (χ2n) is 6.75. The zero-order valence-electron chi connectivity index (χ0n) is 13.0. The van der Waals surface area contributed by atoms with Crippen LogP contribution < -0.4 is 5.32 Å². The standard InChI is InChI=1S/C18H29N/c1-5-10-19-13-18(11-15(4)12-18)17-8-6-16(7-9-17)14(2)3/h6-9,14-15,19H,5,10-13H2,1-4H3. The van der Waals surface area contributed by atoms with Gasteiger partial charge in [0.25, 0.3) is 0 Å². The molecule has 1 fully saturated rings. The predicted octanol–water partition coefficient (Wildman–Crippen LogP) is 4.48. The SMILES string of the molecule is CCCNCC1(c2ccc(C(C)C)cc2)CC(C)C1. The molecule has 1 heteroatoms. The van der Waals surface area contributed by atoms with Crippen molar-refractivity contribution in [2.24, 2.45) is 5.92 Å². The van der Waals surface area contributed by atoms with Gasteiger partial charge in [-0.3, -0.25) is 0 Å². The Hall–Kier alpha value is -0.820. The summed E-state index contributed by atoms with van der Waals surface area (Å²) in [5.41, 5.74) is 3.40. The van der Waals surface area contributed by atoms with Crippen LogP contribution in [-0.4, -0.2) is 13.1 Å². The molecule has 0 spiro atoms. The van der Waals surface area contributed by atoms with Crippen molar-refractivity contribution in [1.29, 1.82) is 0 Å². The van der Waals surface area contributed by atoms with E-state index in [1.54, 1.807) is 5.56 Å². The number of benzene rings is 1. The molecule has 0 radical (unpaired) electrons. The van der Waals surface area contributed by atoms with Gasteiger partial charge in [0.15, 0.2) is 0 Å². The minimum Gasteiger partial charge on any atom is -0.316 e. The van der Waals surface area contributed by atoms with E-state index in [9.17, 15) is 0 Å². The quantitative estimate of drug-likeness (QED) is 0.743. The molecule has 0 aliphatic heterocycles. The lowest BCUT2D eigenvalue weighted by molar-refractivity contribution is 0.153. The molecule has 1 aliphatic rings. The summed E-state index contributed by atoms with van der Waals surface area (Å²) in [6.07, 6.45) is 3.90. The van der Waals surface area contributed by atoms with Gasteiger partial charge in [0.2, 0.25) is 0 Å². The fourth-order valence-corrected chi connectivity index (χ4v) is 3.48. The van der Waals surface area contributed by atoms with E-state index in [1.165, 1.54) is 24.8 Å². The molecule has 2 rings (SSSR count). The Kier molecular flexibility index (Phi) is 4.67. The van der Waals surface area contributed by atoms with Crippen LogP contribution in [0.1, 0.15) is 64.0 Å². The van der Waals surface area contributed by atoms with Crippen LogP contribution in [0.15, 0.2) is 24.3 Å². The highest BCUT2D eigenvalue weighted by molar-refractivity contribution is 5.33. The van der Waals surface area contributed by atoms with Gasteiger partial charge in [-0.05, 0) is 48.8 Å². The van der Waals surface area contributed by atoms with E-state index in [1.807, 2.05) is 0 Å². The summed E-state index contributed by atoms with van der Waals surface area (Å²) in [6.45, 7) is 11.4. The zero-order chi connectivity index (χ0) is 13.9. The van der Waals surface area contributed by atoms with Crippen molar-refractivity contribution in [3.8, 4) is 0 Å². The van der Waals surface area contributed by atoms with E-state index in [-0.39, 0.29) is 0 Å². The van der Waals surface area contributed by atoms with Crippen LogP contribution in [0.4, 0.5) is 0 Å². The van der Waals surface area contributed by atoms with Gasteiger partial charge in [-0.2, -0.15) is 0 Å². The van der Waals surface area contributed by atoms with Crippen LogP contribution in [0, 0.1) is 5.92 Å². The summed E-state index contributed by atoms with van der Waals surface area (Å²) in [5.74, 6) is 1.51. The summed E-state index contributed by atoms with van der Waals surface area (Å²) in [6, 6.07) is 9.39. The minimum atomic E-state index is 0.407. The van der Waals surface area contributed by atoms with Crippen molar-refractivity contribution in [2.75, 3.05) is 13.1 Å². The van der Waals surface area contributed by atoms with Crippen molar-refractivity contribution < 1.29 is 0 Å². The van der Waals surface area contributed by atoms with Gasteiger partial charge in [0.1, 0.15) is 0 Å². The molecule has 0 amide bonds. The first-order valence-electron chi connectivity index (χ1n) is 7.88. The Bertz CT molecular complexity index is 385. The largest absolute Gasteiger partial charge is 0.316 e.